The van der Waals surface area contributed by atoms with Gasteiger partial charge in [-0.25, -0.2) is 4.98 Å². The molecule has 1 aromatic rings. The van der Waals surface area contributed by atoms with Crippen molar-refractivity contribution in [2.45, 2.75) is 30.2 Å². The normalized spacial score (nSPS) is 14.6. The third-order valence-electron chi connectivity index (χ3n) is 2.03. The van der Waals surface area contributed by atoms with Crippen LogP contribution in [0.15, 0.2) is 23.4 Å². The van der Waals surface area contributed by atoms with E-state index in [0.717, 1.165) is 5.03 Å². The fraction of sp³-hybridized carbons (Fsp3) is 0.400. The highest BCUT2D eigenvalue weighted by molar-refractivity contribution is 7.99. The molecular formula is C10H15N3OS. The fourth-order valence-electron chi connectivity index (χ4n) is 0.930. The van der Waals surface area contributed by atoms with Crippen molar-refractivity contribution < 1.29 is 5.11 Å². The molecule has 0 spiro atoms. The lowest BCUT2D eigenvalue weighted by Gasteiger charge is -2.13. The molecule has 2 atom stereocenters. The van der Waals surface area contributed by atoms with Crippen LogP contribution in [0.2, 0.25) is 0 Å². The van der Waals surface area contributed by atoms with Gasteiger partial charge in [0.1, 0.15) is 5.84 Å². The molecule has 4 nitrogen and oxygen atoms in total. The van der Waals surface area contributed by atoms with E-state index in [1.54, 1.807) is 25.3 Å². The molecule has 0 fully saturated rings. The standard InChI is InChI=1S/C10H15N3OS/c1-6(14)7(2)15-9-5-8(10(11)12)3-4-13-9/h3-7,14H,1-2H3,(H3,11,12). The third-order valence-corrected chi connectivity index (χ3v) is 3.26. The summed E-state index contributed by atoms with van der Waals surface area (Å²) >= 11 is 1.47. The van der Waals surface area contributed by atoms with E-state index in [-0.39, 0.29) is 11.1 Å². The van der Waals surface area contributed by atoms with E-state index in [1.165, 1.54) is 11.8 Å². The predicted molar refractivity (Wildman–Crippen MR) is 62.3 cm³/mol. The summed E-state index contributed by atoms with van der Waals surface area (Å²) < 4.78 is 0. The number of nitrogens with zero attached hydrogens (tertiary/aromatic N) is 1. The SMILES string of the molecule is CC(O)C(C)Sc1cc(C(=N)N)ccn1. The molecule has 0 radical (unpaired) electrons. The number of amidine groups is 1. The minimum atomic E-state index is -0.391. The molecular weight excluding hydrogens is 210 g/mol. The minimum Gasteiger partial charge on any atom is -0.392 e. The van der Waals surface area contributed by atoms with Crippen LogP contribution in [-0.2, 0) is 0 Å². The zero-order valence-electron chi connectivity index (χ0n) is 8.77. The van der Waals surface area contributed by atoms with Crippen LogP contribution in [0.1, 0.15) is 19.4 Å². The van der Waals surface area contributed by atoms with Crippen LogP contribution in [0.25, 0.3) is 0 Å². The van der Waals surface area contributed by atoms with E-state index in [0.29, 0.717) is 5.56 Å². The first kappa shape index (κ1) is 12.0. The Hall–Kier alpha value is -1.07. The smallest absolute Gasteiger partial charge is 0.122 e. The number of pyridine rings is 1. The topological polar surface area (TPSA) is 83.0 Å². The predicted octanol–water partition coefficient (Wildman–Crippen LogP) is 1.23. The first-order valence-electron chi connectivity index (χ1n) is 4.66. The van der Waals surface area contributed by atoms with Crippen molar-refractivity contribution in [1.82, 2.24) is 4.98 Å². The number of hydrogen-bond acceptors (Lipinski definition) is 4. The lowest BCUT2D eigenvalue weighted by molar-refractivity contribution is 0.196. The van der Waals surface area contributed by atoms with Crippen LogP contribution >= 0.6 is 11.8 Å². The van der Waals surface area contributed by atoms with E-state index in [1.807, 2.05) is 6.92 Å². The first-order chi connectivity index (χ1) is 7.00. The zero-order chi connectivity index (χ0) is 11.4. The Bertz CT molecular complexity index is 354. The molecule has 0 saturated heterocycles. The van der Waals surface area contributed by atoms with Gasteiger partial charge >= 0.3 is 0 Å². The van der Waals surface area contributed by atoms with Gasteiger partial charge in [0, 0.05) is 17.0 Å². The van der Waals surface area contributed by atoms with Crippen LogP contribution in [0.3, 0.4) is 0 Å². The van der Waals surface area contributed by atoms with Crippen molar-refractivity contribution in [2.75, 3.05) is 0 Å². The largest absolute Gasteiger partial charge is 0.392 e. The molecule has 2 unspecified atom stereocenters. The van der Waals surface area contributed by atoms with Gasteiger partial charge in [-0.3, -0.25) is 5.41 Å². The highest BCUT2D eigenvalue weighted by atomic mass is 32.2. The van der Waals surface area contributed by atoms with Crippen molar-refractivity contribution in [1.29, 1.82) is 5.41 Å². The maximum atomic E-state index is 9.35. The number of nitrogens with two attached hydrogens (primary N) is 1. The van der Waals surface area contributed by atoms with Gasteiger partial charge in [0.05, 0.1) is 11.1 Å². The Labute approximate surface area is 93.4 Å². The quantitative estimate of drug-likeness (QED) is 0.409. The van der Waals surface area contributed by atoms with Crippen LogP contribution in [0, 0.1) is 5.41 Å². The van der Waals surface area contributed by atoms with Gasteiger partial charge in [-0.05, 0) is 19.1 Å². The number of aromatic nitrogens is 1. The lowest BCUT2D eigenvalue weighted by Crippen LogP contribution is -2.15. The second kappa shape index (κ2) is 5.14. The van der Waals surface area contributed by atoms with E-state index < -0.39 is 6.10 Å². The molecule has 0 aliphatic carbocycles. The Morgan fingerprint density at radius 2 is 2.27 bits per heavy atom. The molecule has 1 aromatic heterocycles. The number of aliphatic hydroxyl groups is 1. The van der Waals surface area contributed by atoms with Crippen LogP contribution in [0.5, 0.6) is 0 Å². The number of nitrogen functional groups attached to an aromatic ring is 1. The van der Waals surface area contributed by atoms with Gasteiger partial charge in [0.2, 0.25) is 0 Å². The van der Waals surface area contributed by atoms with E-state index in [9.17, 15) is 5.11 Å². The van der Waals surface area contributed by atoms with Crippen LogP contribution < -0.4 is 5.73 Å². The second-order valence-corrected chi connectivity index (χ2v) is 4.76. The zero-order valence-corrected chi connectivity index (χ0v) is 9.58. The average molecular weight is 225 g/mol. The van der Waals surface area contributed by atoms with Crippen molar-refractivity contribution in [2.24, 2.45) is 5.73 Å². The molecule has 1 rings (SSSR count). The summed E-state index contributed by atoms with van der Waals surface area (Å²) in [4.78, 5) is 4.14. The van der Waals surface area contributed by atoms with Crippen molar-refractivity contribution in [3.8, 4) is 0 Å². The Morgan fingerprint density at radius 3 is 2.80 bits per heavy atom. The summed E-state index contributed by atoms with van der Waals surface area (Å²) in [5, 5.41) is 17.5. The summed E-state index contributed by atoms with van der Waals surface area (Å²) in [6, 6.07) is 3.45. The van der Waals surface area contributed by atoms with Crippen LogP contribution in [0.4, 0.5) is 0 Å². The maximum absolute atomic E-state index is 9.35. The van der Waals surface area contributed by atoms with Gasteiger partial charge in [0.25, 0.3) is 0 Å². The summed E-state index contributed by atoms with van der Waals surface area (Å²) in [6.45, 7) is 3.67. The van der Waals surface area contributed by atoms with E-state index in [2.05, 4.69) is 4.98 Å². The number of rotatable bonds is 4. The Balaban J connectivity index is 2.78. The Morgan fingerprint density at radius 1 is 1.60 bits per heavy atom. The molecule has 0 aliphatic heterocycles. The minimum absolute atomic E-state index is 0.0314. The molecule has 0 aliphatic rings. The number of thioether (sulfide) groups is 1. The molecule has 0 amide bonds. The first-order valence-corrected chi connectivity index (χ1v) is 5.54. The average Bonchev–Trinajstić information content (AvgIpc) is 2.18. The van der Waals surface area contributed by atoms with Crippen LogP contribution in [-0.4, -0.2) is 27.3 Å². The lowest BCUT2D eigenvalue weighted by atomic mass is 10.2. The summed E-state index contributed by atoms with van der Waals surface area (Å²) in [5.41, 5.74) is 6.03. The van der Waals surface area contributed by atoms with Crippen molar-refractivity contribution in [3.05, 3.63) is 23.9 Å². The van der Waals surface area contributed by atoms with Gasteiger partial charge in [-0.2, -0.15) is 0 Å². The molecule has 5 heteroatoms. The molecule has 1 heterocycles. The van der Waals surface area contributed by atoms with E-state index >= 15 is 0 Å². The highest BCUT2D eigenvalue weighted by Gasteiger charge is 2.11. The molecule has 0 saturated carbocycles. The fourth-order valence-corrected chi connectivity index (χ4v) is 1.82. The molecule has 0 bridgehead atoms. The Kier molecular flexibility index (Phi) is 4.11. The maximum Gasteiger partial charge on any atom is 0.122 e. The van der Waals surface area contributed by atoms with Gasteiger partial charge in [0.15, 0.2) is 0 Å². The molecule has 82 valence electrons. The summed E-state index contributed by atoms with van der Waals surface area (Å²) in [7, 11) is 0. The second-order valence-electron chi connectivity index (χ2n) is 3.36. The highest BCUT2D eigenvalue weighted by Crippen LogP contribution is 2.23. The molecule has 4 N–H and O–H groups in total. The molecule has 15 heavy (non-hydrogen) atoms. The third kappa shape index (κ3) is 3.53. The monoisotopic (exact) mass is 225 g/mol. The van der Waals surface area contributed by atoms with E-state index in [4.69, 9.17) is 11.1 Å². The van der Waals surface area contributed by atoms with Crippen molar-refractivity contribution in [3.63, 3.8) is 0 Å². The number of aliphatic hydroxyl groups excluding tert-OH is 1. The summed E-state index contributed by atoms with van der Waals surface area (Å²) in [5.74, 6) is 0.0314. The number of hydrogen-bond donors (Lipinski definition) is 3. The number of nitrogens with one attached hydrogen (secondary N) is 1. The van der Waals surface area contributed by atoms with Gasteiger partial charge < -0.3 is 10.8 Å². The summed E-state index contributed by atoms with van der Waals surface area (Å²) in [6.07, 6.45) is 1.23. The molecule has 0 aromatic carbocycles. The van der Waals surface area contributed by atoms with Gasteiger partial charge in [-0.15, -0.1) is 11.8 Å². The van der Waals surface area contributed by atoms with Crippen molar-refractivity contribution >= 4 is 17.6 Å². The van der Waals surface area contributed by atoms with Gasteiger partial charge in [-0.1, -0.05) is 6.92 Å².